The number of methoxy groups -OCH3 is 1. The van der Waals surface area contributed by atoms with Crippen LogP contribution < -0.4 is 4.74 Å². The molecule has 4 rings (SSSR count). The first-order chi connectivity index (χ1) is 13.6. The molecule has 0 saturated carbocycles. The quantitative estimate of drug-likeness (QED) is 0.686. The molecule has 0 N–H and O–H groups in total. The van der Waals surface area contributed by atoms with E-state index in [0.29, 0.717) is 41.7 Å². The molecule has 1 aliphatic heterocycles. The zero-order valence-corrected chi connectivity index (χ0v) is 15.5. The molecule has 0 spiro atoms. The number of likely N-dealkylation sites (tertiary alicyclic amines) is 1. The van der Waals surface area contributed by atoms with Crippen LogP contribution >= 0.6 is 0 Å². The summed E-state index contributed by atoms with van der Waals surface area (Å²) >= 11 is 0. The lowest BCUT2D eigenvalue weighted by Crippen LogP contribution is -2.39. The van der Waals surface area contributed by atoms with E-state index in [1.807, 2.05) is 11.0 Å². The van der Waals surface area contributed by atoms with E-state index in [9.17, 15) is 9.18 Å². The molecule has 0 unspecified atom stereocenters. The van der Waals surface area contributed by atoms with Crippen LogP contribution in [0.15, 0.2) is 53.1 Å². The predicted octanol–water partition coefficient (Wildman–Crippen LogP) is 3.90. The fourth-order valence-electron chi connectivity index (χ4n) is 3.42. The van der Waals surface area contributed by atoms with E-state index in [1.54, 1.807) is 37.4 Å². The van der Waals surface area contributed by atoms with E-state index in [-0.39, 0.29) is 17.6 Å². The van der Waals surface area contributed by atoms with Crippen LogP contribution in [-0.4, -0.2) is 41.1 Å². The van der Waals surface area contributed by atoms with Crippen molar-refractivity contribution in [3.05, 3.63) is 65.8 Å². The summed E-state index contributed by atoms with van der Waals surface area (Å²) in [4.78, 5) is 19.2. The highest BCUT2D eigenvalue weighted by atomic mass is 19.1. The van der Waals surface area contributed by atoms with Gasteiger partial charge in [-0.15, -0.1) is 0 Å². The number of amides is 1. The summed E-state index contributed by atoms with van der Waals surface area (Å²) < 4.78 is 23.7. The lowest BCUT2D eigenvalue weighted by atomic mass is 9.97. The third-order valence-corrected chi connectivity index (χ3v) is 4.92. The average molecular weight is 381 g/mol. The van der Waals surface area contributed by atoms with Gasteiger partial charge in [-0.25, -0.2) is 4.39 Å². The molecule has 144 valence electrons. The summed E-state index contributed by atoms with van der Waals surface area (Å²) in [6, 6.07) is 13.1. The van der Waals surface area contributed by atoms with E-state index >= 15 is 0 Å². The van der Waals surface area contributed by atoms with Crippen molar-refractivity contribution in [2.75, 3.05) is 20.2 Å². The third kappa shape index (κ3) is 3.74. The summed E-state index contributed by atoms with van der Waals surface area (Å²) in [7, 11) is 1.58. The monoisotopic (exact) mass is 381 g/mol. The van der Waals surface area contributed by atoms with Crippen LogP contribution in [0.2, 0.25) is 0 Å². The van der Waals surface area contributed by atoms with E-state index in [1.165, 1.54) is 12.1 Å². The minimum atomic E-state index is -0.313. The molecule has 1 fully saturated rings. The number of carbonyl (C=O) groups is 1. The molecule has 1 amide bonds. The van der Waals surface area contributed by atoms with E-state index < -0.39 is 0 Å². The van der Waals surface area contributed by atoms with E-state index in [2.05, 4.69) is 10.1 Å². The number of hydrogen-bond acceptors (Lipinski definition) is 5. The van der Waals surface area contributed by atoms with Gasteiger partial charge in [-0.05, 0) is 55.3 Å². The molecule has 1 saturated heterocycles. The van der Waals surface area contributed by atoms with Gasteiger partial charge in [-0.1, -0.05) is 11.2 Å². The maximum Gasteiger partial charge on any atom is 0.254 e. The number of benzene rings is 2. The van der Waals surface area contributed by atoms with E-state index in [0.717, 1.165) is 12.8 Å². The fraction of sp³-hybridized carbons (Fsp3) is 0.286. The molecule has 0 bridgehead atoms. The van der Waals surface area contributed by atoms with Crippen molar-refractivity contribution in [1.82, 2.24) is 15.0 Å². The Morgan fingerprint density at radius 1 is 1.25 bits per heavy atom. The van der Waals surface area contributed by atoms with Crippen molar-refractivity contribution in [1.29, 1.82) is 0 Å². The van der Waals surface area contributed by atoms with Crippen molar-refractivity contribution in [3.63, 3.8) is 0 Å². The highest BCUT2D eigenvalue weighted by Crippen LogP contribution is 2.28. The van der Waals surface area contributed by atoms with Crippen LogP contribution in [0.25, 0.3) is 11.4 Å². The predicted molar refractivity (Wildman–Crippen MR) is 101 cm³/mol. The molecular weight excluding hydrogens is 361 g/mol. The van der Waals surface area contributed by atoms with Crippen LogP contribution in [0.3, 0.4) is 0 Å². The molecule has 2 heterocycles. The Labute approximate surface area is 161 Å². The zero-order chi connectivity index (χ0) is 19.5. The van der Waals surface area contributed by atoms with Gasteiger partial charge in [0.2, 0.25) is 11.7 Å². The Hall–Kier alpha value is -3.22. The first-order valence-electron chi connectivity index (χ1n) is 9.17. The maximum absolute atomic E-state index is 13.1. The number of rotatable bonds is 4. The number of hydrogen-bond donors (Lipinski definition) is 0. The van der Waals surface area contributed by atoms with Crippen molar-refractivity contribution in [3.8, 4) is 17.1 Å². The standard InChI is InChI=1S/C21H20FN3O3/c1-27-18-6-2-4-15(12-18)21(26)25-11-3-5-16(13-25)20-23-19(24-28-20)14-7-9-17(22)10-8-14/h2,4,6-10,12,16H,3,5,11,13H2,1H3/t16-/m1/s1. The van der Waals surface area contributed by atoms with Gasteiger partial charge < -0.3 is 14.2 Å². The second-order valence-corrected chi connectivity index (χ2v) is 6.79. The molecule has 0 radical (unpaired) electrons. The minimum absolute atomic E-state index is 0.0231. The SMILES string of the molecule is COc1cccc(C(=O)N2CCC[C@@H](c3nc(-c4ccc(F)cc4)no3)C2)c1. The highest BCUT2D eigenvalue weighted by molar-refractivity contribution is 5.94. The molecule has 1 atom stereocenters. The van der Waals surface area contributed by atoms with Gasteiger partial charge in [0, 0.05) is 24.2 Å². The summed E-state index contributed by atoms with van der Waals surface area (Å²) in [6.45, 7) is 1.20. The Morgan fingerprint density at radius 2 is 2.07 bits per heavy atom. The van der Waals surface area contributed by atoms with Gasteiger partial charge in [0.1, 0.15) is 11.6 Å². The molecule has 7 heteroatoms. The number of carbonyl (C=O) groups excluding carboxylic acids is 1. The van der Waals surface area contributed by atoms with Gasteiger partial charge in [0.15, 0.2) is 0 Å². The lowest BCUT2D eigenvalue weighted by Gasteiger charge is -2.31. The second kappa shape index (κ2) is 7.80. The Morgan fingerprint density at radius 3 is 2.86 bits per heavy atom. The first kappa shape index (κ1) is 18.2. The maximum atomic E-state index is 13.1. The Kier molecular flexibility index (Phi) is 5.06. The number of halogens is 1. The van der Waals surface area contributed by atoms with E-state index in [4.69, 9.17) is 9.26 Å². The molecule has 1 aromatic heterocycles. The van der Waals surface area contributed by atoms with Crippen molar-refractivity contribution < 1.29 is 18.4 Å². The van der Waals surface area contributed by atoms with Crippen molar-refractivity contribution in [2.24, 2.45) is 0 Å². The molecule has 0 aliphatic carbocycles. The van der Waals surface area contributed by atoms with Crippen LogP contribution in [0, 0.1) is 5.82 Å². The number of piperidine rings is 1. The number of ether oxygens (including phenoxy) is 1. The molecular formula is C21H20FN3O3. The van der Waals surface area contributed by atoms with Crippen LogP contribution in [-0.2, 0) is 0 Å². The van der Waals surface area contributed by atoms with Gasteiger partial charge in [0.05, 0.1) is 13.0 Å². The van der Waals surface area contributed by atoms with Gasteiger partial charge in [0.25, 0.3) is 5.91 Å². The second-order valence-electron chi connectivity index (χ2n) is 6.79. The zero-order valence-electron chi connectivity index (χ0n) is 15.5. The van der Waals surface area contributed by atoms with Gasteiger partial charge in [-0.2, -0.15) is 4.98 Å². The van der Waals surface area contributed by atoms with Gasteiger partial charge in [-0.3, -0.25) is 4.79 Å². The Balaban J connectivity index is 1.49. The summed E-state index contributed by atoms with van der Waals surface area (Å²) in [5, 5.41) is 4.01. The highest BCUT2D eigenvalue weighted by Gasteiger charge is 2.29. The lowest BCUT2D eigenvalue weighted by molar-refractivity contribution is 0.0695. The largest absolute Gasteiger partial charge is 0.497 e. The smallest absolute Gasteiger partial charge is 0.254 e. The fourth-order valence-corrected chi connectivity index (χ4v) is 3.42. The normalized spacial score (nSPS) is 16.8. The van der Waals surface area contributed by atoms with Gasteiger partial charge >= 0.3 is 0 Å². The summed E-state index contributed by atoms with van der Waals surface area (Å²) in [6.07, 6.45) is 1.72. The van der Waals surface area contributed by atoms with Crippen LogP contribution in [0.1, 0.15) is 35.0 Å². The molecule has 1 aliphatic rings. The minimum Gasteiger partial charge on any atom is -0.497 e. The molecule has 2 aromatic carbocycles. The third-order valence-electron chi connectivity index (χ3n) is 4.92. The first-order valence-corrected chi connectivity index (χ1v) is 9.17. The summed E-state index contributed by atoms with van der Waals surface area (Å²) in [5.74, 6) is 1.20. The average Bonchev–Trinajstić information content (AvgIpc) is 3.24. The van der Waals surface area contributed by atoms with Crippen LogP contribution in [0.5, 0.6) is 5.75 Å². The summed E-state index contributed by atoms with van der Waals surface area (Å²) in [5.41, 5.74) is 1.29. The topological polar surface area (TPSA) is 68.5 Å². The van der Waals surface area contributed by atoms with Crippen molar-refractivity contribution >= 4 is 5.91 Å². The number of nitrogens with zero attached hydrogens (tertiary/aromatic N) is 3. The number of aromatic nitrogens is 2. The molecule has 3 aromatic rings. The van der Waals surface area contributed by atoms with Crippen LogP contribution in [0.4, 0.5) is 4.39 Å². The molecule has 28 heavy (non-hydrogen) atoms. The van der Waals surface area contributed by atoms with Crippen molar-refractivity contribution in [2.45, 2.75) is 18.8 Å². The molecule has 6 nitrogen and oxygen atoms in total. The Bertz CT molecular complexity index is 971.